The van der Waals surface area contributed by atoms with Gasteiger partial charge in [-0.2, -0.15) is 0 Å². The number of halogens is 1. The lowest BCUT2D eigenvalue weighted by molar-refractivity contribution is 0.240. The van der Waals surface area contributed by atoms with Gasteiger partial charge in [-0.05, 0) is 0 Å². The highest BCUT2D eigenvalue weighted by Crippen LogP contribution is 1.68. The highest BCUT2D eigenvalue weighted by atomic mass is 127. The van der Waals surface area contributed by atoms with Crippen molar-refractivity contribution in [2.24, 2.45) is 0 Å². The van der Waals surface area contributed by atoms with E-state index in [0.29, 0.717) is 6.54 Å². The van der Waals surface area contributed by atoms with Crippen LogP contribution in [0.3, 0.4) is 0 Å². The number of aliphatic hydroxyl groups is 1. The number of nitrogens with one attached hydrogen (secondary N) is 2. The molecule has 0 aromatic rings. The number of rotatable bonds is 2. The third-order valence-corrected chi connectivity index (χ3v) is 0.973. The molecule has 0 heterocycles. The summed E-state index contributed by atoms with van der Waals surface area (Å²) >= 11 is 1.71. The molecule has 8 heavy (non-hydrogen) atoms. The van der Waals surface area contributed by atoms with Crippen LogP contribution >= 0.6 is 22.9 Å². The summed E-state index contributed by atoms with van der Waals surface area (Å²) in [5, 5.41) is 10.5. The van der Waals surface area contributed by atoms with Crippen molar-refractivity contribution >= 4 is 28.9 Å². The average Bonchev–Trinajstić information content (AvgIpc) is 1.83. The van der Waals surface area contributed by atoms with Gasteiger partial charge in [0.15, 0.2) is 0 Å². The van der Waals surface area contributed by atoms with E-state index >= 15 is 0 Å². The maximum atomic E-state index is 10.2. The van der Waals surface area contributed by atoms with Crippen molar-refractivity contribution in [1.29, 1.82) is 0 Å². The summed E-state index contributed by atoms with van der Waals surface area (Å²) in [5.74, 6) is 0. The van der Waals surface area contributed by atoms with Crippen LogP contribution in [0.1, 0.15) is 0 Å². The van der Waals surface area contributed by atoms with Crippen LogP contribution in [-0.2, 0) is 0 Å². The first kappa shape index (κ1) is 7.96. The van der Waals surface area contributed by atoms with Crippen molar-refractivity contribution in [1.82, 2.24) is 8.85 Å². The first-order valence-electron chi connectivity index (χ1n) is 2.06. The second-order valence-corrected chi connectivity index (χ2v) is 1.61. The van der Waals surface area contributed by atoms with Crippen LogP contribution in [0.2, 0.25) is 0 Å². The molecule has 0 saturated carbocycles. The number of urea groups is 1. The van der Waals surface area contributed by atoms with Crippen LogP contribution in [0.5, 0.6) is 0 Å². The summed E-state index contributed by atoms with van der Waals surface area (Å²) in [4.78, 5) is 10.2. The summed E-state index contributed by atoms with van der Waals surface area (Å²) in [6.45, 7) is 0.277. The average molecular weight is 230 g/mol. The van der Waals surface area contributed by atoms with Crippen molar-refractivity contribution in [3.8, 4) is 0 Å². The molecule has 0 aromatic heterocycles. The molecule has 0 radical (unpaired) electrons. The summed E-state index contributed by atoms with van der Waals surface area (Å²) in [7, 11) is 0. The Morgan fingerprint density at radius 3 is 2.75 bits per heavy atom. The van der Waals surface area contributed by atoms with Crippen molar-refractivity contribution in [2.75, 3.05) is 13.2 Å². The Morgan fingerprint density at radius 1 is 1.75 bits per heavy atom. The Bertz CT molecular complexity index is 77.7. The van der Waals surface area contributed by atoms with E-state index in [0.717, 1.165) is 0 Å². The van der Waals surface area contributed by atoms with E-state index in [1.807, 2.05) is 0 Å². The molecule has 0 saturated heterocycles. The van der Waals surface area contributed by atoms with E-state index < -0.39 is 0 Å². The van der Waals surface area contributed by atoms with Gasteiger partial charge in [-0.15, -0.1) is 0 Å². The predicted octanol–water partition coefficient (Wildman–Crippen LogP) is -0.372. The SMILES string of the molecule is O=C(NI)NCCO. The van der Waals surface area contributed by atoms with Gasteiger partial charge in [0.1, 0.15) is 0 Å². The molecule has 0 atom stereocenters. The lowest BCUT2D eigenvalue weighted by Gasteiger charge is -1.97. The fourth-order valence-electron chi connectivity index (χ4n) is 0.203. The van der Waals surface area contributed by atoms with E-state index in [1.165, 1.54) is 0 Å². The van der Waals surface area contributed by atoms with Gasteiger partial charge < -0.3 is 10.4 Å². The van der Waals surface area contributed by atoms with Crippen LogP contribution in [0.4, 0.5) is 4.79 Å². The molecule has 48 valence electrons. The van der Waals surface area contributed by atoms with Gasteiger partial charge in [0.2, 0.25) is 0 Å². The van der Waals surface area contributed by atoms with Gasteiger partial charge >= 0.3 is 6.03 Å². The van der Waals surface area contributed by atoms with Gasteiger partial charge in [0.25, 0.3) is 0 Å². The second kappa shape index (κ2) is 5.10. The van der Waals surface area contributed by atoms with E-state index in [4.69, 9.17) is 5.11 Å². The topological polar surface area (TPSA) is 61.4 Å². The van der Waals surface area contributed by atoms with Crippen molar-refractivity contribution in [2.45, 2.75) is 0 Å². The highest BCUT2D eigenvalue weighted by molar-refractivity contribution is 14.1. The smallest absolute Gasteiger partial charge is 0.323 e. The molecule has 0 aliphatic rings. The number of hydrogen-bond donors (Lipinski definition) is 3. The minimum absolute atomic E-state index is 0.0237. The highest BCUT2D eigenvalue weighted by Gasteiger charge is 1.90. The summed E-state index contributed by atoms with van der Waals surface area (Å²) in [6, 6.07) is -0.278. The first-order chi connectivity index (χ1) is 3.81. The van der Waals surface area contributed by atoms with Crippen molar-refractivity contribution in [3.05, 3.63) is 0 Å². The molecule has 3 N–H and O–H groups in total. The fraction of sp³-hybridized carbons (Fsp3) is 0.667. The number of hydrogen-bond acceptors (Lipinski definition) is 2. The van der Waals surface area contributed by atoms with E-state index in [1.54, 1.807) is 22.9 Å². The van der Waals surface area contributed by atoms with Crippen LogP contribution < -0.4 is 8.85 Å². The molecule has 0 aliphatic heterocycles. The molecule has 5 heteroatoms. The third kappa shape index (κ3) is 4.13. The number of amides is 2. The van der Waals surface area contributed by atoms with Gasteiger partial charge in [-0.1, -0.05) is 0 Å². The van der Waals surface area contributed by atoms with Crippen LogP contribution in [0, 0.1) is 0 Å². The van der Waals surface area contributed by atoms with Gasteiger partial charge in [0.05, 0.1) is 29.5 Å². The van der Waals surface area contributed by atoms with Gasteiger partial charge in [-0.3, -0.25) is 3.53 Å². The fourth-order valence-corrected chi connectivity index (χ4v) is 0.394. The zero-order valence-electron chi connectivity index (χ0n) is 4.15. The lowest BCUT2D eigenvalue weighted by Crippen LogP contribution is -2.31. The molecule has 0 spiro atoms. The Kier molecular flexibility index (Phi) is 5.08. The normalized spacial score (nSPS) is 8.25. The molecule has 0 rings (SSSR count). The van der Waals surface area contributed by atoms with Crippen LogP contribution in [0.25, 0.3) is 0 Å². The maximum absolute atomic E-state index is 10.2. The largest absolute Gasteiger partial charge is 0.395 e. The van der Waals surface area contributed by atoms with E-state index in [-0.39, 0.29) is 12.6 Å². The Hall–Kier alpha value is -0.0400. The van der Waals surface area contributed by atoms with Crippen molar-refractivity contribution in [3.63, 3.8) is 0 Å². The molecular weight excluding hydrogens is 223 g/mol. The quantitative estimate of drug-likeness (QED) is 0.447. The van der Waals surface area contributed by atoms with Crippen LogP contribution in [-0.4, -0.2) is 24.3 Å². The molecule has 0 aromatic carbocycles. The predicted molar refractivity (Wildman–Crippen MR) is 37.6 cm³/mol. The second-order valence-electron chi connectivity index (χ2n) is 1.07. The molecule has 0 aliphatic carbocycles. The Balaban J connectivity index is 2.99. The number of carbonyl (C=O) groups is 1. The summed E-state index contributed by atoms with van der Waals surface area (Å²) in [6.07, 6.45) is 0. The van der Waals surface area contributed by atoms with Crippen LogP contribution in [0.15, 0.2) is 0 Å². The van der Waals surface area contributed by atoms with Gasteiger partial charge in [0, 0.05) is 6.54 Å². The first-order valence-corrected chi connectivity index (χ1v) is 3.14. The van der Waals surface area contributed by atoms with E-state index in [2.05, 4.69) is 8.85 Å². The minimum Gasteiger partial charge on any atom is -0.395 e. The van der Waals surface area contributed by atoms with Gasteiger partial charge in [-0.25, -0.2) is 4.79 Å². The molecule has 0 fully saturated rings. The van der Waals surface area contributed by atoms with Crippen molar-refractivity contribution < 1.29 is 9.90 Å². The Morgan fingerprint density at radius 2 is 2.38 bits per heavy atom. The minimum atomic E-state index is -0.278. The Labute approximate surface area is 61.1 Å². The number of carbonyl (C=O) groups excluding carboxylic acids is 1. The lowest BCUT2D eigenvalue weighted by atomic mass is 10.7. The van der Waals surface area contributed by atoms with E-state index in [9.17, 15) is 4.79 Å². The molecule has 0 unspecified atom stereocenters. The molecular formula is C3H7IN2O2. The monoisotopic (exact) mass is 230 g/mol. The molecule has 2 amide bonds. The molecule has 0 bridgehead atoms. The third-order valence-electron chi connectivity index (χ3n) is 0.483. The molecule has 4 nitrogen and oxygen atoms in total. The summed E-state index contributed by atoms with van der Waals surface area (Å²) < 4.78 is 2.31. The standard InChI is InChI=1S/C3H7IN2O2/c4-6-3(8)5-1-2-7/h7H,1-2H2,(H2,5,6,8). The zero-order valence-corrected chi connectivity index (χ0v) is 6.31. The summed E-state index contributed by atoms with van der Waals surface area (Å²) in [5.41, 5.74) is 0. The maximum Gasteiger partial charge on any atom is 0.323 e. The number of aliphatic hydroxyl groups excluding tert-OH is 1. The zero-order chi connectivity index (χ0) is 6.41.